The Labute approximate surface area is 231 Å². The molecule has 2 amide bonds. The summed E-state index contributed by atoms with van der Waals surface area (Å²) in [6, 6.07) is 11.8. The van der Waals surface area contributed by atoms with Crippen molar-refractivity contribution in [2.24, 2.45) is 17.8 Å². The number of phenols is 1. The SMILES string of the molecule is CC1=CC(=O)C2=C(C[C@@H]3C(=CC[C@@H]4C(=O)N(c5ccc(I)cc5)C(=O)[C@@H]43)[C@@H]2c2ccc(O)cc2Cl)C1=O. The van der Waals surface area contributed by atoms with Crippen LogP contribution < -0.4 is 4.90 Å². The van der Waals surface area contributed by atoms with Crippen LogP contribution in [0.2, 0.25) is 5.02 Å². The predicted molar refractivity (Wildman–Crippen MR) is 146 cm³/mol. The van der Waals surface area contributed by atoms with Crippen molar-refractivity contribution in [3.8, 4) is 5.75 Å². The molecule has 0 bridgehead atoms. The van der Waals surface area contributed by atoms with Crippen LogP contribution in [0.15, 0.2) is 76.9 Å². The second-order valence-corrected chi connectivity index (χ2v) is 11.6. The molecule has 1 heterocycles. The van der Waals surface area contributed by atoms with E-state index in [-0.39, 0.29) is 40.6 Å². The zero-order valence-electron chi connectivity index (χ0n) is 19.7. The molecule has 0 unspecified atom stereocenters. The third kappa shape index (κ3) is 3.66. The van der Waals surface area contributed by atoms with Crippen LogP contribution >= 0.6 is 34.2 Å². The Hall–Kier alpha value is -3.04. The maximum atomic E-state index is 13.9. The van der Waals surface area contributed by atoms with Crippen LogP contribution in [0.1, 0.15) is 31.2 Å². The number of hydrogen-bond donors (Lipinski definition) is 1. The van der Waals surface area contributed by atoms with Crippen LogP contribution in [-0.2, 0) is 19.2 Å². The van der Waals surface area contributed by atoms with Crippen molar-refractivity contribution < 1.29 is 24.3 Å². The molecular formula is C29H21ClINO5. The molecule has 186 valence electrons. The average Bonchev–Trinajstić information content (AvgIpc) is 3.12. The highest BCUT2D eigenvalue weighted by Gasteiger charge is 2.56. The van der Waals surface area contributed by atoms with Gasteiger partial charge in [-0.15, -0.1) is 0 Å². The Morgan fingerprint density at radius 3 is 2.43 bits per heavy atom. The lowest BCUT2D eigenvalue weighted by Gasteiger charge is -2.42. The Morgan fingerprint density at radius 1 is 1.00 bits per heavy atom. The zero-order valence-corrected chi connectivity index (χ0v) is 22.6. The molecule has 4 atom stereocenters. The smallest absolute Gasteiger partial charge is 0.238 e. The van der Waals surface area contributed by atoms with E-state index in [4.69, 9.17) is 11.6 Å². The van der Waals surface area contributed by atoms with Gasteiger partial charge in [-0.05, 0) is 96.3 Å². The van der Waals surface area contributed by atoms with Gasteiger partial charge in [0.2, 0.25) is 11.8 Å². The van der Waals surface area contributed by atoms with Crippen LogP contribution in [0, 0.1) is 21.3 Å². The number of hydrogen-bond acceptors (Lipinski definition) is 5. The first-order valence-corrected chi connectivity index (χ1v) is 13.4. The van der Waals surface area contributed by atoms with E-state index < -0.39 is 23.7 Å². The molecule has 2 aromatic carbocycles. The van der Waals surface area contributed by atoms with Gasteiger partial charge in [0.15, 0.2) is 11.6 Å². The minimum absolute atomic E-state index is 0.0143. The molecule has 1 aliphatic heterocycles. The van der Waals surface area contributed by atoms with Gasteiger partial charge in [-0.2, -0.15) is 0 Å². The number of phenolic OH excluding ortho intramolecular Hbond substituents is 1. The minimum atomic E-state index is -0.645. The topological polar surface area (TPSA) is 91.8 Å². The lowest BCUT2D eigenvalue weighted by atomic mass is 9.59. The summed E-state index contributed by atoms with van der Waals surface area (Å²) in [5.74, 6) is -3.27. The highest BCUT2D eigenvalue weighted by molar-refractivity contribution is 14.1. The summed E-state index contributed by atoms with van der Waals surface area (Å²) >= 11 is 8.74. The number of Topliss-reactive ketones (excluding diaryl/α,β-unsaturated/α-hetero) is 1. The van der Waals surface area contributed by atoms with E-state index >= 15 is 0 Å². The number of carbonyl (C=O) groups excluding carboxylic acids is 4. The molecule has 0 saturated carbocycles. The van der Waals surface area contributed by atoms with Crippen molar-refractivity contribution >= 4 is 63.3 Å². The molecule has 0 aromatic heterocycles. The number of allylic oxidation sites excluding steroid dienone is 6. The van der Waals surface area contributed by atoms with Crippen molar-refractivity contribution in [1.82, 2.24) is 0 Å². The summed E-state index contributed by atoms with van der Waals surface area (Å²) < 4.78 is 0.992. The molecule has 37 heavy (non-hydrogen) atoms. The van der Waals surface area contributed by atoms with Crippen molar-refractivity contribution in [1.29, 1.82) is 0 Å². The third-order valence-corrected chi connectivity index (χ3v) is 8.99. The van der Waals surface area contributed by atoms with Gasteiger partial charge in [-0.3, -0.25) is 24.1 Å². The Morgan fingerprint density at radius 2 is 1.73 bits per heavy atom. The van der Waals surface area contributed by atoms with Crippen LogP contribution in [0.25, 0.3) is 0 Å². The van der Waals surface area contributed by atoms with Gasteiger partial charge in [-0.25, -0.2) is 0 Å². The van der Waals surface area contributed by atoms with E-state index in [0.29, 0.717) is 34.4 Å². The highest BCUT2D eigenvalue weighted by Crippen LogP contribution is 2.56. The standard InChI is InChI=1S/C29H21ClINO5/c1-13-10-23(34)26-21(27(13)35)12-20-17(24(26)18-7-6-16(33)11-22(18)30)8-9-19-25(20)29(37)32(28(19)36)15-4-2-14(31)3-5-15/h2-8,10-11,19-20,24-25,33H,9,12H2,1H3/t19-,20+,24+,25-/m0/s1. The molecule has 4 aliphatic rings. The largest absolute Gasteiger partial charge is 0.508 e. The van der Waals surface area contributed by atoms with Gasteiger partial charge in [0.1, 0.15) is 5.75 Å². The molecule has 0 radical (unpaired) electrons. The number of aromatic hydroxyl groups is 1. The number of fused-ring (bicyclic) bond motifs is 3. The number of imide groups is 1. The van der Waals surface area contributed by atoms with Crippen molar-refractivity contribution in [2.45, 2.75) is 25.7 Å². The van der Waals surface area contributed by atoms with Crippen molar-refractivity contribution in [3.63, 3.8) is 0 Å². The summed E-state index contributed by atoms with van der Waals surface area (Å²) in [4.78, 5) is 55.2. The molecule has 6 rings (SSSR count). The lowest BCUT2D eigenvalue weighted by molar-refractivity contribution is -0.123. The van der Waals surface area contributed by atoms with Crippen molar-refractivity contribution in [2.75, 3.05) is 4.90 Å². The molecule has 0 spiro atoms. The number of anilines is 1. The number of ketones is 2. The van der Waals surface area contributed by atoms with E-state index in [1.807, 2.05) is 18.2 Å². The molecule has 1 N–H and O–H groups in total. The molecule has 3 aliphatic carbocycles. The van der Waals surface area contributed by atoms with Gasteiger partial charge < -0.3 is 5.11 Å². The monoisotopic (exact) mass is 625 g/mol. The van der Waals surface area contributed by atoms with Crippen LogP contribution in [0.3, 0.4) is 0 Å². The van der Waals surface area contributed by atoms with Crippen molar-refractivity contribution in [3.05, 3.63) is 91.1 Å². The number of carbonyl (C=O) groups is 4. The van der Waals surface area contributed by atoms with E-state index in [0.717, 1.165) is 9.14 Å². The summed E-state index contributed by atoms with van der Waals surface area (Å²) in [5, 5.41) is 10.2. The minimum Gasteiger partial charge on any atom is -0.508 e. The number of nitrogens with zero attached hydrogens (tertiary/aromatic N) is 1. The van der Waals surface area contributed by atoms with Crippen LogP contribution in [0.5, 0.6) is 5.75 Å². The van der Waals surface area contributed by atoms with E-state index in [1.165, 1.54) is 23.1 Å². The first kappa shape index (κ1) is 24.3. The molecule has 6 nitrogen and oxygen atoms in total. The van der Waals surface area contributed by atoms with E-state index in [1.54, 1.807) is 25.1 Å². The number of amides is 2. The predicted octanol–water partition coefficient (Wildman–Crippen LogP) is 5.28. The fourth-order valence-electron chi connectivity index (χ4n) is 6.33. The molecule has 8 heteroatoms. The van der Waals surface area contributed by atoms with Gasteiger partial charge in [0, 0.05) is 31.2 Å². The fourth-order valence-corrected chi connectivity index (χ4v) is 6.98. The molecular weight excluding hydrogens is 605 g/mol. The molecule has 1 fully saturated rings. The normalized spacial score (nSPS) is 27.1. The van der Waals surface area contributed by atoms with Gasteiger partial charge in [0.25, 0.3) is 0 Å². The second kappa shape index (κ2) is 8.77. The Bertz CT molecular complexity index is 1520. The Balaban J connectivity index is 1.50. The summed E-state index contributed by atoms with van der Waals surface area (Å²) in [6.07, 6.45) is 3.88. The maximum absolute atomic E-state index is 13.9. The maximum Gasteiger partial charge on any atom is 0.238 e. The summed E-state index contributed by atoms with van der Waals surface area (Å²) in [6.45, 7) is 1.62. The van der Waals surface area contributed by atoms with Gasteiger partial charge >= 0.3 is 0 Å². The first-order chi connectivity index (χ1) is 17.7. The van der Waals surface area contributed by atoms with E-state index in [2.05, 4.69) is 22.6 Å². The molecule has 2 aromatic rings. The van der Waals surface area contributed by atoms with E-state index in [9.17, 15) is 24.3 Å². The summed E-state index contributed by atoms with van der Waals surface area (Å²) in [7, 11) is 0. The lowest BCUT2D eigenvalue weighted by Crippen LogP contribution is -2.39. The number of rotatable bonds is 2. The Kier molecular flexibility index (Phi) is 5.76. The highest BCUT2D eigenvalue weighted by atomic mass is 127. The van der Waals surface area contributed by atoms with Gasteiger partial charge in [0.05, 0.1) is 17.5 Å². The number of halogens is 2. The van der Waals surface area contributed by atoms with Crippen LogP contribution in [-0.4, -0.2) is 28.5 Å². The average molecular weight is 626 g/mol. The fraction of sp³-hybridized carbons (Fsp3) is 0.241. The number of benzene rings is 2. The molecule has 1 saturated heterocycles. The third-order valence-electron chi connectivity index (χ3n) is 7.94. The quantitative estimate of drug-likeness (QED) is 0.212. The first-order valence-electron chi connectivity index (χ1n) is 12.0. The second-order valence-electron chi connectivity index (χ2n) is 9.92. The summed E-state index contributed by atoms with van der Waals surface area (Å²) in [5.41, 5.74) is 3.05. The zero-order chi connectivity index (χ0) is 26.2. The van der Waals surface area contributed by atoms with Crippen LogP contribution in [0.4, 0.5) is 5.69 Å². The van der Waals surface area contributed by atoms with Gasteiger partial charge in [-0.1, -0.05) is 29.3 Å².